The molecule has 1 rings (SSSR count). The first kappa shape index (κ1) is 11.8. The first-order valence-electron chi connectivity index (χ1n) is 5.84. The topological polar surface area (TPSA) is 9.23 Å². The molecule has 0 amide bonds. The molecular formula is C13H24O. The van der Waals surface area contributed by atoms with Crippen molar-refractivity contribution in [2.45, 2.75) is 71.0 Å². The lowest BCUT2D eigenvalue weighted by Crippen LogP contribution is -2.36. The minimum absolute atomic E-state index is 0.146. The summed E-state index contributed by atoms with van der Waals surface area (Å²) in [7, 11) is 0. The maximum absolute atomic E-state index is 6.03. The number of allylic oxidation sites excluding steroid dienone is 1. The Morgan fingerprint density at radius 3 is 2.86 bits per heavy atom. The fourth-order valence-corrected chi connectivity index (χ4v) is 2.32. The van der Waals surface area contributed by atoms with Gasteiger partial charge in [-0.15, -0.1) is 6.58 Å². The van der Waals surface area contributed by atoms with Crippen molar-refractivity contribution >= 4 is 0 Å². The zero-order chi connectivity index (χ0) is 10.6. The van der Waals surface area contributed by atoms with Gasteiger partial charge in [-0.1, -0.05) is 5.57 Å². The molecular weight excluding hydrogens is 172 g/mol. The van der Waals surface area contributed by atoms with Gasteiger partial charge in [-0.25, -0.2) is 0 Å². The minimum Gasteiger partial charge on any atom is -0.372 e. The van der Waals surface area contributed by atoms with Gasteiger partial charge < -0.3 is 4.74 Å². The van der Waals surface area contributed by atoms with Crippen LogP contribution in [0.2, 0.25) is 0 Å². The van der Waals surface area contributed by atoms with Crippen LogP contribution in [0.5, 0.6) is 0 Å². The van der Waals surface area contributed by atoms with Crippen molar-refractivity contribution < 1.29 is 4.74 Å². The second kappa shape index (κ2) is 4.97. The summed E-state index contributed by atoms with van der Waals surface area (Å²) in [5.74, 6) is 0. The fourth-order valence-electron chi connectivity index (χ4n) is 2.32. The van der Waals surface area contributed by atoms with E-state index in [9.17, 15) is 0 Å². The van der Waals surface area contributed by atoms with Crippen LogP contribution in [0.4, 0.5) is 0 Å². The van der Waals surface area contributed by atoms with Gasteiger partial charge in [0.1, 0.15) is 0 Å². The highest BCUT2D eigenvalue weighted by Crippen LogP contribution is 2.32. The zero-order valence-corrected chi connectivity index (χ0v) is 9.94. The van der Waals surface area contributed by atoms with Crippen LogP contribution in [-0.2, 0) is 4.74 Å². The van der Waals surface area contributed by atoms with Crippen LogP contribution in [0.25, 0.3) is 0 Å². The summed E-state index contributed by atoms with van der Waals surface area (Å²) >= 11 is 0. The summed E-state index contributed by atoms with van der Waals surface area (Å²) in [6.07, 6.45) is 7.79. The van der Waals surface area contributed by atoms with E-state index in [-0.39, 0.29) is 5.60 Å². The van der Waals surface area contributed by atoms with Crippen LogP contribution in [0, 0.1) is 0 Å². The molecule has 1 fully saturated rings. The maximum Gasteiger partial charge on any atom is 0.0658 e. The van der Waals surface area contributed by atoms with Crippen molar-refractivity contribution in [2.75, 3.05) is 0 Å². The van der Waals surface area contributed by atoms with Crippen LogP contribution in [-0.4, -0.2) is 11.7 Å². The van der Waals surface area contributed by atoms with Crippen molar-refractivity contribution in [1.82, 2.24) is 0 Å². The summed E-state index contributed by atoms with van der Waals surface area (Å²) in [6, 6.07) is 0. The van der Waals surface area contributed by atoms with Gasteiger partial charge in [0, 0.05) is 0 Å². The molecule has 1 aliphatic heterocycles. The Balaban J connectivity index is 2.29. The third-order valence-electron chi connectivity index (χ3n) is 3.11. The second-order valence-corrected chi connectivity index (χ2v) is 5.08. The predicted octanol–water partition coefficient (Wildman–Crippen LogP) is 4.08. The molecule has 0 spiro atoms. The Morgan fingerprint density at radius 1 is 1.57 bits per heavy atom. The average Bonchev–Trinajstić information content (AvgIpc) is 2.01. The average molecular weight is 196 g/mol. The van der Waals surface area contributed by atoms with Crippen LogP contribution in [0.15, 0.2) is 12.2 Å². The molecule has 1 aliphatic rings. The highest BCUT2D eigenvalue weighted by atomic mass is 16.5. The summed E-state index contributed by atoms with van der Waals surface area (Å²) in [5, 5.41) is 0. The van der Waals surface area contributed by atoms with Crippen LogP contribution in [0.3, 0.4) is 0 Å². The van der Waals surface area contributed by atoms with E-state index in [4.69, 9.17) is 4.74 Å². The number of hydrogen-bond acceptors (Lipinski definition) is 1. The molecule has 14 heavy (non-hydrogen) atoms. The quantitative estimate of drug-likeness (QED) is 0.616. The van der Waals surface area contributed by atoms with E-state index in [2.05, 4.69) is 27.4 Å². The predicted molar refractivity (Wildman–Crippen MR) is 61.5 cm³/mol. The summed E-state index contributed by atoms with van der Waals surface area (Å²) in [5.41, 5.74) is 1.44. The lowest BCUT2D eigenvalue weighted by atomic mass is 9.88. The summed E-state index contributed by atoms with van der Waals surface area (Å²) in [4.78, 5) is 0. The van der Waals surface area contributed by atoms with E-state index < -0.39 is 0 Å². The van der Waals surface area contributed by atoms with Gasteiger partial charge >= 0.3 is 0 Å². The monoisotopic (exact) mass is 196 g/mol. The Hall–Kier alpha value is -0.300. The minimum atomic E-state index is 0.146. The van der Waals surface area contributed by atoms with E-state index >= 15 is 0 Å². The molecule has 0 aromatic rings. The van der Waals surface area contributed by atoms with Crippen molar-refractivity contribution in [3.05, 3.63) is 12.2 Å². The van der Waals surface area contributed by atoms with Gasteiger partial charge in [0.15, 0.2) is 0 Å². The molecule has 1 heterocycles. The number of ether oxygens (including phenoxy) is 1. The van der Waals surface area contributed by atoms with E-state index in [1.165, 1.54) is 37.7 Å². The van der Waals surface area contributed by atoms with Crippen molar-refractivity contribution in [2.24, 2.45) is 0 Å². The highest BCUT2D eigenvalue weighted by molar-refractivity contribution is 4.89. The molecule has 0 N–H and O–H groups in total. The van der Waals surface area contributed by atoms with Gasteiger partial charge in [-0.05, 0) is 59.3 Å². The molecule has 1 heteroatoms. The van der Waals surface area contributed by atoms with Crippen LogP contribution >= 0.6 is 0 Å². The van der Waals surface area contributed by atoms with Crippen molar-refractivity contribution in [3.63, 3.8) is 0 Å². The number of rotatable bonds is 4. The van der Waals surface area contributed by atoms with Gasteiger partial charge in [0.2, 0.25) is 0 Å². The second-order valence-electron chi connectivity index (χ2n) is 5.08. The van der Waals surface area contributed by atoms with Gasteiger partial charge in [-0.3, -0.25) is 0 Å². The molecule has 0 aromatic carbocycles. The summed E-state index contributed by atoms with van der Waals surface area (Å²) < 4.78 is 6.03. The first-order valence-corrected chi connectivity index (χ1v) is 5.84. The van der Waals surface area contributed by atoms with Crippen LogP contribution < -0.4 is 0 Å². The molecule has 1 nitrogen and oxygen atoms in total. The molecule has 0 saturated carbocycles. The smallest absolute Gasteiger partial charge is 0.0658 e. The van der Waals surface area contributed by atoms with Crippen LogP contribution in [0.1, 0.15) is 59.3 Å². The normalized spacial score (nSPS) is 32.9. The summed E-state index contributed by atoms with van der Waals surface area (Å²) in [6.45, 7) is 10.5. The maximum atomic E-state index is 6.03. The molecule has 0 radical (unpaired) electrons. The SMILES string of the molecule is C=C(C)CCC[C@]1(C)CCC[C@H](C)O1. The Bertz CT molecular complexity index is 197. The first-order chi connectivity index (χ1) is 6.52. The molecule has 1 saturated heterocycles. The van der Waals surface area contributed by atoms with E-state index in [1.807, 2.05) is 0 Å². The fraction of sp³-hybridized carbons (Fsp3) is 0.846. The third-order valence-corrected chi connectivity index (χ3v) is 3.11. The highest BCUT2D eigenvalue weighted by Gasteiger charge is 2.30. The lowest BCUT2D eigenvalue weighted by Gasteiger charge is -2.37. The molecule has 82 valence electrons. The van der Waals surface area contributed by atoms with Gasteiger partial charge in [0.25, 0.3) is 0 Å². The Kier molecular flexibility index (Phi) is 4.18. The molecule has 0 unspecified atom stereocenters. The molecule has 0 aromatic heterocycles. The largest absolute Gasteiger partial charge is 0.372 e. The Morgan fingerprint density at radius 2 is 2.29 bits per heavy atom. The van der Waals surface area contributed by atoms with E-state index in [0.29, 0.717) is 6.10 Å². The molecule has 0 aliphatic carbocycles. The lowest BCUT2D eigenvalue weighted by molar-refractivity contribution is -0.114. The van der Waals surface area contributed by atoms with Crippen molar-refractivity contribution in [3.8, 4) is 0 Å². The third kappa shape index (κ3) is 3.83. The Labute approximate surface area is 88.5 Å². The van der Waals surface area contributed by atoms with E-state index in [1.54, 1.807) is 0 Å². The molecule has 2 atom stereocenters. The number of hydrogen-bond donors (Lipinski definition) is 0. The van der Waals surface area contributed by atoms with E-state index in [0.717, 1.165) is 6.42 Å². The van der Waals surface area contributed by atoms with Crippen molar-refractivity contribution in [1.29, 1.82) is 0 Å². The molecule has 0 bridgehead atoms. The van der Waals surface area contributed by atoms with Gasteiger partial charge in [-0.2, -0.15) is 0 Å². The zero-order valence-electron chi connectivity index (χ0n) is 9.94. The standard InChI is InChI=1S/C13H24O/c1-11(2)7-5-9-13(4)10-6-8-12(3)14-13/h12H,1,5-10H2,2-4H3/t12-,13+/m0/s1. The van der Waals surface area contributed by atoms with Gasteiger partial charge in [0.05, 0.1) is 11.7 Å².